The Morgan fingerprint density at radius 1 is 1.26 bits per heavy atom. The summed E-state index contributed by atoms with van der Waals surface area (Å²) >= 11 is 6.77. The lowest BCUT2D eigenvalue weighted by atomic mass is 10.0. The molecular weight excluding hydrogens is 375 g/mol. The van der Waals surface area contributed by atoms with E-state index in [-0.39, 0.29) is 11.9 Å². The second-order valence-electron chi connectivity index (χ2n) is 4.18. The molecule has 0 fully saturated rings. The Kier molecular flexibility index (Phi) is 5.07. The highest BCUT2D eigenvalue weighted by molar-refractivity contribution is 9.10. The van der Waals surface area contributed by atoms with Gasteiger partial charge >= 0.3 is 0 Å². The van der Waals surface area contributed by atoms with E-state index >= 15 is 0 Å². The first-order valence-corrected chi connectivity index (χ1v) is 7.41. The Bertz CT molecular complexity index is 558. The molecule has 1 atom stereocenters. The van der Waals surface area contributed by atoms with Gasteiger partial charge in [-0.25, -0.2) is 4.39 Å². The predicted octanol–water partition coefficient (Wildman–Crippen LogP) is 4.25. The zero-order chi connectivity index (χ0) is 13.8. The molecule has 0 amide bonds. The van der Waals surface area contributed by atoms with Gasteiger partial charge in [0.1, 0.15) is 5.82 Å². The molecule has 1 heterocycles. The van der Waals surface area contributed by atoms with Crippen LogP contribution in [-0.2, 0) is 6.42 Å². The van der Waals surface area contributed by atoms with Gasteiger partial charge in [-0.2, -0.15) is 0 Å². The summed E-state index contributed by atoms with van der Waals surface area (Å²) in [7, 11) is 1.89. The number of likely N-dealkylation sites (N-methyl/N-ethyl adjacent to an activating group) is 1. The first-order valence-electron chi connectivity index (χ1n) is 5.83. The number of nitrogens with one attached hydrogen (secondary N) is 1. The maximum absolute atomic E-state index is 13.1. The molecule has 0 aliphatic carbocycles. The van der Waals surface area contributed by atoms with E-state index in [0.29, 0.717) is 0 Å². The van der Waals surface area contributed by atoms with Crippen LogP contribution in [0.15, 0.2) is 45.5 Å². The number of pyridine rings is 1. The summed E-state index contributed by atoms with van der Waals surface area (Å²) in [5, 5.41) is 3.24. The van der Waals surface area contributed by atoms with E-state index < -0.39 is 0 Å². The molecular formula is C14H13Br2FN2. The van der Waals surface area contributed by atoms with E-state index in [4.69, 9.17) is 0 Å². The SMILES string of the molecule is CNC(Cc1ccc(Br)cn1)c1ccc(F)cc1Br. The third kappa shape index (κ3) is 3.84. The lowest BCUT2D eigenvalue weighted by Gasteiger charge is -2.18. The summed E-state index contributed by atoms with van der Waals surface area (Å²) in [4.78, 5) is 4.36. The molecule has 19 heavy (non-hydrogen) atoms. The number of rotatable bonds is 4. The fourth-order valence-corrected chi connectivity index (χ4v) is 2.75. The van der Waals surface area contributed by atoms with Gasteiger partial charge < -0.3 is 5.32 Å². The van der Waals surface area contributed by atoms with E-state index in [1.165, 1.54) is 12.1 Å². The van der Waals surface area contributed by atoms with Gasteiger partial charge in [-0.3, -0.25) is 4.98 Å². The minimum atomic E-state index is -0.243. The third-order valence-corrected chi connectivity index (χ3v) is 4.04. The fourth-order valence-electron chi connectivity index (χ4n) is 1.89. The van der Waals surface area contributed by atoms with Gasteiger partial charge in [-0.1, -0.05) is 22.0 Å². The number of nitrogens with zero attached hydrogens (tertiary/aromatic N) is 1. The summed E-state index contributed by atoms with van der Waals surface area (Å²) in [6.07, 6.45) is 2.52. The predicted molar refractivity (Wildman–Crippen MR) is 81.5 cm³/mol. The summed E-state index contributed by atoms with van der Waals surface area (Å²) in [6, 6.07) is 8.78. The number of halogens is 3. The lowest BCUT2D eigenvalue weighted by molar-refractivity contribution is 0.576. The van der Waals surface area contributed by atoms with Crippen LogP contribution in [-0.4, -0.2) is 12.0 Å². The Hall–Kier alpha value is -0.780. The van der Waals surface area contributed by atoms with Crippen molar-refractivity contribution in [2.45, 2.75) is 12.5 Å². The zero-order valence-corrected chi connectivity index (χ0v) is 13.5. The summed E-state index contributed by atoms with van der Waals surface area (Å²) in [5.74, 6) is -0.243. The van der Waals surface area contributed by atoms with E-state index in [1.807, 2.05) is 19.2 Å². The molecule has 0 aliphatic rings. The van der Waals surface area contributed by atoms with Crippen LogP contribution in [0, 0.1) is 5.82 Å². The van der Waals surface area contributed by atoms with Crippen LogP contribution in [0.1, 0.15) is 17.3 Å². The largest absolute Gasteiger partial charge is 0.313 e. The van der Waals surface area contributed by atoms with Crippen LogP contribution in [0.2, 0.25) is 0 Å². The molecule has 1 aromatic heterocycles. The molecule has 2 nitrogen and oxygen atoms in total. The van der Waals surface area contributed by atoms with Crippen LogP contribution in [0.5, 0.6) is 0 Å². The second kappa shape index (κ2) is 6.59. The maximum Gasteiger partial charge on any atom is 0.124 e. The number of benzene rings is 1. The van der Waals surface area contributed by atoms with Crippen LogP contribution < -0.4 is 5.32 Å². The number of hydrogen-bond donors (Lipinski definition) is 1. The molecule has 0 radical (unpaired) electrons. The van der Waals surface area contributed by atoms with Crippen molar-refractivity contribution in [2.75, 3.05) is 7.05 Å². The molecule has 2 aromatic rings. The normalized spacial score (nSPS) is 12.4. The topological polar surface area (TPSA) is 24.9 Å². The molecule has 5 heteroatoms. The van der Waals surface area contributed by atoms with Crippen LogP contribution in [0.25, 0.3) is 0 Å². The van der Waals surface area contributed by atoms with Gasteiger partial charge in [0.25, 0.3) is 0 Å². The highest BCUT2D eigenvalue weighted by atomic mass is 79.9. The Morgan fingerprint density at radius 2 is 2.05 bits per heavy atom. The number of hydrogen-bond acceptors (Lipinski definition) is 2. The minimum Gasteiger partial charge on any atom is -0.313 e. The van der Waals surface area contributed by atoms with Gasteiger partial charge in [0.2, 0.25) is 0 Å². The molecule has 100 valence electrons. The quantitative estimate of drug-likeness (QED) is 0.848. The second-order valence-corrected chi connectivity index (χ2v) is 5.95. The molecule has 1 aromatic carbocycles. The van der Waals surface area contributed by atoms with E-state index in [9.17, 15) is 4.39 Å². The Balaban J connectivity index is 2.22. The zero-order valence-electron chi connectivity index (χ0n) is 10.3. The summed E-state index contributed by atoms with van der Waals surface area (Å²) in [5.41, 5.74) is 2.01. The highest BCUT2D eigenvalue weighted by Gasteiger charge is 2.14. The van der Waals surface area contributed by atoms with E-state index in [2.05, 4.69) is 42.2 Å². The van der Waals surface area contributed by atoms with Gasteiger partial charge in [-0.05, 0) is 52.8 Å². The smallest absolute Gasteiger partial charge is 0.124 e. The van der Waals surface area contributed by atoms with Crippen molar-refractivity contribution in [1.29, 1.82) is 0 Å². The van der Waals surface area contributed by atoms with Gasteiger partial charge in [0.15, 0.2) is 0 Å². The molecule has 0 spiro atoms. The van der Waals surface area contributed by atoms with Crippen LogP contribution in [0.3, 0.4) is 0 Å². The van der Waals surface area contributed by atoms with Crippen molar-refractivity contribution in [3.63, 3.8) is 0 Å². The summed E-state index contributed by atoms with van der Waals surface area (Å²) in [6.45, 7) is 0. The number of aromatic nitrogens is 1. The van der Waals surface area contributed by atoms with Gasteiger partial charge in [0.05, 0.1) is 0 Å². The molecule has 0 saturated heterocycles. The van der Waals surface area contributed by atoms with Crippen molar-refractivity contribution >= 4 is 31.9 Å². The van der Waals surface area contributed by atoms with Crippen molar-refractivity contribution in [3.8, 4) is 0 Å². The fraction of sp³-hybridized carbons (Fsp3) is 0.214. The van der Waals surface area contributed by atoms with Gasteiger partial charge in [0, 0.05) is 33.3 Å². The average molecular weight is 388 g/mol. The van der Waals surface area contributed by atoms with E-state index in [0.717, 1.165) is 26.6 Å². The molecule has 2 rings (SSSR count). The lowest BCUT2D eigenvalue weighted by Crippen LogP contribution is -2.19. The van der Waals surface area contributed by atoms with Crippen molar-refractivity contribution in [3.05, 3.63) is 62.5 Å². The molecule has 1 N–H and O–H groups in total. The molecule has 0 saturated carbocycles. The maximum atomic E-state index is 13.1. The Labute approximate surface area is 128 Å². The Morgan fingerprint density at radius 3 is 2.63 bits per heavy atom. The molecule has 0 bridgehead atoms. The van der Waals surface area contributed by atoms with E-state index in [1.54, 1.807) is 12.3 Å². The van der Waals surface area contributed by atoms with Crippen molar-refractivity contribution < 1.29 is 4.39 Å². The average Bonchev–Trinajstić information content (AvgIpc) is 2.39. The first-order chi connectivity index (χ1) is 9.10. The minimum absolute atomic E-state index is 0.0867. The molecule has 0 aliphatic heterocycles. The standard InChI is InChI=1S/C14H13Br2FN2/c1-18-14(7-11-4-2-9(15)8-19-11)12-5-3-10(17)6-13(12)16/h2-6,8,14,18H,7H2,1H3. The monoisotopic (exact) mass is 386 g/mol. The highest BCUT2D eigenvalue weighted by Crippen LogP contribution is 2.26. The first kappa shape index (κ1) is 14.6. The van der Waals surface area contributed by atoms with Crippen LogP contribution >= 0.6 is 31.9 Å². The third-order valence-electron chi connectivity index (χ3n) is 2.89. The van der Waals surface area contributed by atoms with Crippen molar-refractivity contribution in [2.24, 2.45) is 0 Å². The van der Waals surface area contributed by atoms with Gasteiger partial charge in [-0.15, -0.1) is 0 Å². The van der Waals surface area contributed by atoms with Crippen molar-refractivity contribution in [1.82, 2.24) is 10.3 Å². The summed E-state index contributed by atoms with van der Waals surface area (Å²) < 4.78 is 14.8. The van der Waals surface area contributed by atoms with Crippen LogP contribution in [0.4, 0.5) is 4.39 Å². The molecule has 1 unspecified atom stereocenters.